The Bertz CT molecular complexity index is 1130. The van der Waals surface area contributed by atoms with Crippen LogP contribution in [0.2, 0.25) is 5.02 Å². The normalized spacial score (nSPS) is 11.8. The largest absolute Gasteiger partial charge is 0.448 e. The topological polar surface area (TPSA) is 90.3 Å². The summed E-state index contributed by atoms with van der Waals surface area (Å²) in [5.74, 6) is -1.29. The maximum Gasteiger partial charge on any atom is 0.360 e. The summed E-state index contributed by atoms with van der Waals surface area (Å²) in [5.41, 5.74) is 0.215. The summed E-state index contributed by atoms with van der Waals surface area (Å²) in [4.78, 5) is 37.6. The van der Waals surface area contributed by atoms with Gasteiger partial charge < -0.3 is 10.1 Å². The van der Waals surface area contributed by atoms with Gasteiger partial charge in [0.25, 0.3) is 11.5 Å². The number of rotatable bonds is 6. The van der Waals surface area contributed by atoms with Crippen LogP contribution in [0.3, 0.4) is 0 Å². The number of aromatic nitrogens is 2. The molecule has 3 aromatic rings. The number of hydrogen-bond donors (Lipinski definition) is 1. The molecule has 0 radical (unpaired) electrons. The second-order valence-corrected chi connectivity index (χ2v) is 6.91. The van der Waals surface area contributed by atoms with Gasteiger partial charge in [-0.3, -0.25) is 9.59 Å². The van der Waals surface area contributed by atoms with Crippen molar-refractivity contribution < 1.29 is 14.3 Å². The molecule has 0 aliphatic rings. The number of aryl methyl sites for hydroxylation is 1. The molecule has 1 aromatic heterocycles. The quantitative estimate of drug-likeness (QED) is 0.623. The van der Waals surface area contributed by atoms with E-state index in [1.54, 1.807) is 48.5 Å². The Kier molecular flexibility index (Phi) is 6.29. The fourth-order valence-electron chi connectivity index (χ4n) is 2.83. The molecule has 1 unspecified atom stereocenters. The molecule has 7 nitrogen and oxygen atoms in total. The van der Waals surface area contributed by atoms with Gasteiger partial charge in [0.2, 0.25) is 0 Å². The lowest BCUT2D eigenvalue weighted by Gasteiger charge is -2.15. The first-order chi connectivity index (χ1) is 13.9. The zero-order chi connectivity index (χ0) is 21.0. The van der Waals surface area contributed by atoms with Crippen LogP contribution in [0.1, 0.15) is 30.8 Å². The Hall–Kier alpha value is -3.19. The summed E-state index contributed by atoms with van der Waals surface area (Å²) in [5, 5.41) is 8.05. The molecule has 1 heterocycles. The minimum absolute atomic E-state index is 0.00365. The van der Waals surface area contributed by atoms with E-state index < -0.39 is 18.0 Å². The van der Waals surface area contributed by atoms with Gasteiger partial charge in [-0.2, -0.15) is 5.10 Å². The Labute approximate surface area is 172 Å². The highest BCUT2D eigenvalue weighted by atomic mass is 35.5. The van der Waals surface area contributed by atoms with Gasteiger partial charge >= 0.3 is 5.97 Å². The highest BCUT2D eigenvalue weighted by molar-refractivity contribution is 6.30. The third kappa shape index (κ3) is 4.63. The van der Waals surface area contributed by atoms with Crippen LogP contribution in [0.4, 0.5) is 5.69 Å². The number of benzene rings is 2. The zero-order valence-electron chi connectivity index (χ0n) is 16.0. The number of anilines is 1. The molecule has 1 amide bonds. The van der Waals surface area contributed by atoms with E-state index in [9.17, 15) is 14.4 Å². The molecule has 0 spiro atoms. The number of hydrogen-bond acceptors (Lipinski definition) is 5. The van der Waals surface area contributed by atoms with E-state index in [2.05, 4.69) is 10.4 Å². The molecule has 0 saturated heterocycles. The van der Waals surface area contributed by atoms with Crippen LogP contribution in [-0.2, 0) is 16.1 Å². The SMILES string of the molecule is CCCn1nc(C(=O)OC(C)C(=O)Nc2cccc(Cl)c2)c2ccccc2c1=O. The lowest BCUT2D eigenvalue weighted by molar-refractivity contribution is -0.123. The Balaban J connectivity index is 1.84. The molecule has 29 heavy (non-hydrogen) atoms. The first-order valence-corrected chi connectivity index (χ1v) is 9.55. The fraction of sp³-hybridized carbons (Fsp3) is 0.238. The van der Waals surface area contributed by atoms with Crippen LogP contribution >= 0.6 is 11.6 Å². The molecule has 0 fully saturated rings. The second kappa shape index (κ2) is 8.87. The standard InChI is InChI=1S/C21H20ClN3O4/c1-3-11-25-20(27)17-10-5-4-9-16(17)18(24-25)21(28)29-13(2)19(26)23-15-8-6-7-14(22)12-15/h4-10,12-13H,3,11H2,1-2H3,(H,23,26). The fourth-order valence-corrected chi connectivity index (χ4v) is 3.02. The van der Waals surface area contributed by atoms with Gasteiger partial charge in [-0.05, 0) is 37.6 Å². The third-order valence-corrected chi connectivity index (χ3v) is 4.48. The Morgan fingerprint density at radius 2 is 1.90 bits per heavy atom. The average molecular weight is 414 g/mol. The van der Waals surface area contributed by atoms with E-state index >= 15 is 0 Å². The first kappa shape index (κ1) is 20.5. The van der Waals surface area contributed by atoms with Gasteiger partial charge in [0.05, 0.1) is 5.39 Å². The Morgan fingerprint density at radius 1 is 1.17 bits per heavy atom. The smallest absolute Gasteiger partial charge is 0.360 e. The van der Waals surface area contributed by atoms with Gasteiger partial charge in [0.15, 0.2) is 11.8 Å². The molecule has 1 N–H and O–H groups in total. The van der Waals surface area contributed by atoms with Gasteiger partial charge in [0.1, 0.15) is 0 Å². The van der Waals surface area contributed by atoms with Gasteiger partial charge in [-0.15, -0.1) is 0 Å². The molecule has 1 atom stereocenters. The lowest BCUT2D eigenvalue weighted by Crippen LogP contribution is -2.32. The predicted octanol–water partition coefficient (Wildman–Crippen LogP) is 3.64. The van der Waals surface area contributed by atoms with E-state index in [1.165, 1.54) is 11.6 Å². The molecule has 0 aliphatic heterocycles. The molecule has 3 rings (SSSR count). The molecule has 0 saturated carbocycles. The molecule has 8 heteroatoms. The molecule has 0 aliphatic carbocycles. The second-order valence-electron chi connectivity index (χ2n) is 6.47. The van der Waals surface area contributed by atoms with Crippen molar-refractivity contribution in [2.24, 2.45) is 0 Å². The minimum atomic E-state index is -1.08. The molecule has 150 valence electrons. The van der Waals surface area contributed by atoms with Crippen molar-refractivity contribution in [1.29, 1.82) is 0 Å². The summed E-state index contributed by atoms with van der Waals surface area (Å²) < 4.78 is 6.57. The highest BCUT2D eigenvalue weighted by Gasteiger charge is 2.23. The van der Waals surface area contributed by atoms with Crippen molar-refractivity contribution in [1.82, 2.24) is 9.78 Å². The van der Waals surface area contributed by atoms with Crippen molar-refractivity contribution >= 4 is 39.9 Å². The van der Waals surface area contributed by atoms with Crippen LogP contribution in [0, 0.1) is 0 Å². The minimum Gasteiger partial charge on any atom is -0.448 e. The van der Waals surface area contributed by atoms with E-state index in [0.29, 0.717) is 34.4 Å². The number of nitrogens with one attached hydrogen (secondary N) is 1. The van der Waals surface area contributed by atoms with Crippen LogP contribution in [0.25, 0.3) is 10.8 Å². The van der Waals surface area contributed by atoms with Gasteiger partial charge in [0, 0.05) is 22.6 Å². The van der Waals surface area contributed by atoms with E-state index in [0.717, 1.165) is 0 Å². The number of esters is 1. The lowest BCUT2D eigenvalue weighted by atomic mass is 10.1. The van der Waals surface area contributed by atoms with Crippen LogP contribution < -0.4 is 10.9 Å². The predicted molar refractivity (Wildman–Crippen MR) is 111 cm³/mol. The van der Waals surface area contributed by atoms with E-state index in [-0.39, 0.29) is 11.3 Å². The van der Waals surface area contributed by atoms with Crippen molar-refractivity contribution in [2.45, 2.75) is 32.9 Å². The van der Waals surface area contributed by atoms with Crippen molar-refractivity contribution in [2.75, 3.05) is 5.32 Å². The molecule has 2 aromatic carbocycles. The van der Waals surface area contributed by atoms with Crippen molar-refractivity contribution in [3.8, 4) is 0 Å². The van der Waals surface area contributed by atoms with Gasteiger partial charge in [-0.1, -0.05) is 42.8 Å². The molecular formula is C21H20ClN3O4. The number of fused-ring (bicyclic) bond motifs is 1. The number of amides is 1. The van der Waals surface area contributed by atoms with E-state index in [1.807, 2.05) is 6.92 Å². The number of carbonyl (C=O) groups is 2. The number of halogens is 1. The van der Waals surface area contributed by atoms with Crippen molar-refractivity contribution in [3.63, 3.8) is 0 Å². The highest BCUT2D eigenvalue weighted by Crippen LogP contribution is 2.17. The summed E-state index contributed by atoms with van der Waals surface area (Å²) in [6.07, 6.45) is -0.397. The maximum atomic E-state index is 12.7. The van der Waals surface area contributed by atoms with Crippen LogP contribution in [-0.4, -0.2) is 27.8 Å². The average Bonchev–Trinajstić information content (AvgIpc) is 2.70. The Morgan fingerprint density at radius 3 is 2.59 bits per heavy atom. The van der Waals surface area contributed by atoms with E-state index in [4.69, 9.17) is 16.3 Å². The number of carbonyl (C=O) groups excluding carboxylic acids is 2. The molecule has 0 bridgehead atoms. The molecular weight excluding hydrogens is 394 g/mol. The third-order valence-electron chi connectivity index (χ3n) is 4.24. The van der Waals surface area contributed by atoms with Crippen molar-refractivity contribution in [3.05, 3.63) is 69.6 Å². The van der Waals surface area contributed by atoms with Crippen LogP contribution in [0.5, 0.6) is 0 Å². The maximum absolute atomic E-state index is 12.7. The summed E-state index contributed by atoms with van der Waals surface area (Å²) in [6.45, 7) is 3.74. The zero-order valence-corrected chi connectivity index (χ0v) is 16.8. The first-order valence-electron chi connectivity index (χ1n) is 9.18. The van der Waals surface area contributed by atoms with Crippen LogP contribution in [0.15, 0.2) is 53.3 Å². The number of ether oxygens (including phenoxy) is 1. The van der Waals surface area contributed by atoms with Gasteiger partial charge in [-0.25, -0.2) is 9.48 Å². The summed E-state index contributed by atoms with van der Waals surface area (Å²) in [6, 6.07) is 13.3. The number of nitrogens with zero attached hydrogens (tertiary/aromatic N) is 2. The monoisotopic (exact) mass is 413 g/mol. The summed E-state index contributed by atoms with van der Waals surface area (Å²) in [7, 11) is 0. The summed E-state index contributed by atoms with van der Waals surface area (Å²) >= 11 is 5.91.